The minimum atomic E-state index is -3.87. The lowest BCUT2D eigenvalue weighted by atomic mass is 10.2. The van der Waals surface area contributed by atoms with Crippen molar-refractivity contribution in [2.24, 2.45) is 0 Å². The number of benzene rings is 2. The number of halogens is 1. The summed E-state index contributed by atoms with van der Waals surface area (Å²) in [5.74, 6) is -0.765. The van der Waals surface area contributed by atoms with E-state index in [1.54, 1.807) is 25.1 Å². The van der Waals surface area contributed by atoms with Crippen LogP contribution in [-0.2, 0) is 10.0 Å². The maximum Gasteiger partial charge on any atom is 0.267 e. The summed E-state index contributed by atoms with van der Waals surface area (Å²) in [5, 5.41) is 3.33. The summed E-state index contributed by atoms with van der Waals surface area (Å²) in [6.07, 6.45) is 2.85. The van der Waals surface area contributed by atoms with Crippen molar-refractivity contribution in [2.75, 3.05) is 10.0 Å². The highest BCUT2D eigenvalue weighted by molar-refractivity contribution is 7.92. The summed E-state index contributed by atoms with van der Waals surface area (Å²) >= 11 is 1.19. The molecule has 0 unspecified atom stereocenters. The van der Waals surface area contributed by atoms with Crippen molar-refractivity contribution in [1.29, 1.82) is 0 Å². The number of aromatic nitrogens is 3. The van der Waals surface area contributed by atoms with E-state index in [9.17, 15) is 17.6 Å². The summed E-state index contributed by atoms with van der Waals surface area (Å²) in [4.78, 5) is 25.2. The van der Waals surface area contributed by atoms with Crippen LogP contribution in [0.15, 0.2) is 71.9 Å². The molecule has 0 atom stereocenters. The van der Waals surface area contributed by atoms with Crippen LogP contribution >= 0.6 is 11.3 Å². The van der Waals surface area contributed by atoms with Gasteiger partial charge < -0.3 is 5.32 Å². The number of carbonyl (C=O) groups is 1. The fraction of sp³-hybridized carbons (Fsp3) is 0.0476. The van der Waals surface area contributed by atoms with Gasteiger partial charge in [-0.25, -0.2) is 32.5 Å². The average molecular weight is 470 g/mol. The van der Waals surface area contributed by atoms with Gasteiger partial charge in [0, 0.05) is 23.6 Å². The molecule has 0 bridgehead atoms. The number of carbonyl (C=O) groups excluding carboxylic acids is 1. The molecule has 11 heteroatoms. The Kier molecular flexibility index (Phi) is 5.93. The summed E-state index contributed by atoms with van der Waals surface area (Å²) < 4.78 is 40.3. The number of hydrogen-bond donors (Lipinski definition) is 2. The van der Waals surface area contributed by atoms with E-state index in [0.29, 0.717) is 26.8 Å². The van der Waals surface area contributed by atoms with Gasteiger partial charge >= 0.3 is 0 Å². The molecular formula is C21H16FN5O3S2. The van der Waals surface area contributed by atoms with Crippen LogP contribution < -0.4 is 10.0 Å². The minimum absolute atomic E-state index is 0.00415. The first kappa shape index (κ1) is 21.5. The molecule has 1 amide bonds. The number of nitrogens with one attached hydrogen (secondary N) is 2. The van der Waals surface area contributed by atoms with Crippen LogP contribution in [0.1, 0.15) is 15.4 Å². The van der Waals surface area contributed by atoms with Gasteiger partial charge in [0.05, 0.1) is 10.6 Å². The van der Waals surface area contributed by atoms with Gasteiger partial charge in [0.15, 0.2) is 0 Å². The third kappa shape index (κ3) is 4.79. The molecule has 4 aromatic rings. The van der Waals surface area contributed by atoms with Gasteiger partial charge in [0.1, 0.15) is 15.7 Å². The highest BCUT2D eigenvalue weighted by atomic mass is 32.2. The Morgan fingerprint density at radius 3 is 2.31 bits per heavy atom. The molecule has 0 aliphatic carbocycles. The Morgan fingerprint density at radius 2 is 1.66 bits per heavy atom. The second-order valence-corrected chi connectivity index (χ2v) is 9.28. The lowest BCUT2D eigenvalue weighted by Crippen LogP contribution is -2.15. The van der Waals surface area contributed by atoms with Crippen LogP contribution in [0, 0.1) is 12.7 Å². The molecule has 2 N–H and O–H groups in total. The van der Waals surface area contributed by atoms with Crippen molar-refractivity contribution >= 4 is 38.9 Å². The molecule has 0 fully saturated rings. The van der Waals surface area contributed by atoms with Gasteiger partial charge in [-0.1, -0.05) is 0 Å². The minimum Gasteiger partial charge on any atom is -0.321 e. The van der Waals surface area contributed by atoms with E-state index in [0.717, 1.165) is 0 Å². The second-order valence-electron chi connectivity index (χ2n) is 6.60. The third-order valence-electron chi connectivity index (χ3n) is 4.31. The van der Waals surface area contributed by atoms with Gasteiger partial charge in [-0.15, -0.1) is 11.3 Å². The maximum atomic E-state index is 13.1. The van der Waals surface area contributed by atoms with Gasteiger partial charge in [0.2, 0.25) is 5.95 Å². The Bertz CT molecular complexity index is 1360. The van der Waals surface area contributed by atoms with Crippen LogP contribution in [0.3, 0.4) is 0 Å². The topological polar surface area (TPSA) is 114 Å². The quantitative estimate of drug-likeness (QED) is 0.439. The first-order valence-electron chi connectivity index (χ1n) is 9.26. The Balaban J connectivity index is 1.48. The zero-order valence-electron chi connectivity index (χ0n) is 16.6. The molecule has 0 spiro atoms. The lowest BCUT2D eigenvalue weighted by Gasteiger charge is -2.08. The number of aryl methyl sites for hydroxylation is 1. The maximum absolute atomic E-state index is 13.1. The predicted molar refractivity (Wildman–Crippen MR) is 119 cm³/mol. The summed E-state index contributed by atoms with van der Waals surface area (Å²) in [6.45, 7) is 1.71. The number of anilines is 2. The van der Waals surface area contributed by atoms with E-state index in [2.05, 4.69) is 25.0 Å². The molecule has 8 nitrogen and oxygen atoms in total. The van der Waals surface area contributed by atoms with Gasteiger partial charge in [0.25, 0.3) is 15.9 Å². The van der Waals surface area contributed by atoms with E-state index in [-0.39, 0.29) is 22.6 Å². The Hall–Kier alpha value is -3.70. The molecule has 0 saturated heterocycles. The van der Waals surface area contributed by atoms with Crippen molar-refractivity contribution in [3.63, 3.8) is 0 Å². The van der Waals surface area contributed by atoms with Crippen LogP contribution in [0.2, 0.25) is 0 Å². The zero-order chi connectivity index (χ0) is 22.7. The number of sulfonamides is 1. The van der Waals surface area contributed by atoms with Crippen LogP contribution in [0.4, 0.5) is 16.0 Å². The molecule has 0 aliphatic heterocycles. The monoisotopic (exact) mass is 469 g/mol. The standard InChI is InChI=1S/C21H16FN5O3S2/c1-13-18(31-20(25-13)14-3-5-15(22)6-4-14)19(28)26-16-7-9-17(10-8-16)32(29,30)27-21-23-11-2-12-24-21/h2-12H,1H3,(H,26,28)(H,23,24,27). The number of thiazole rings is 1. The summed E-state index contributed by atoms with van der Waals surface area (Å²) in [6, 6.07) is 13.1. The van der Waals surface area contributed by atoms with Crippen LogP contribution in [0.5, 0.6) is 0 Å². The second kappa shape index (κ2) is 8.81. The van der Waals surface area contributed by atoms with Crippen molar-refractivity contribution in [1.82, 2.24) is 15.0 Å². The molecule has 4 rings (SSSR count). The molecule has 162 valence electrons. The van der Waals surface area contributed by atoms with Gasteiger partial charge in [-0.05, 0) is 61.5 Å². The lowest BCUT2D eigenvalue weighted by molar-refractivity contribution is 0.103. The summed E-state index contributed by atoms with van der Waals surface area (Å²) in [5.41, 5.74) is 1.67. The molecule has 32 heavy (non-hydrogen) atoms. The number of hydrogen-bond acceptors (Lipinski definition) is 7. The van der Waals surface area contributed by atoms with Crippen molar-refractivity contribution in [2.45, 2.75) is 11.8 Å². The molecule has 0 aliphatic rings. The predicted octanol–water partition coefficient (Wildman–Crippen LogP) is 4.10. The Labute approximate surface area is 187 Å². The normalized spacial score (nSPS) is 11.2. The molecule has 0 radical (unpaired) electrons. The zero-order valence-corrected chi connectivity index (χ0v) is 18.2. The van der Waals surface area contributed by atoms with Crippen LogP contribution in [-0.4, -0.2) is 29.3 Å². The molecule has 2 heterocycles. The largest absolute Gasteiger partial charge is 0.321 e. The fourth-order valence-corrected chi connectivity index (χ4v) is 4.68. The molecule has 2 aromatic carbocycles. The van der Waals surface area contributed by atoms with Crippen LogP contribution in [0.25, 0.3) is 10.6 Å². The Morgan fingerprint density at radius 1 is 1.00 bits per heavy atom. The number of nitrogens with zero attached hydrogens (tertiary/aromatic N) is 3. The van der Waals surface area contributed by atoms with Crippen molar-refractivity contribution in [3.8, 4) is 10.6 Å². The van der Waals surface area contributed by atoms with E-state index >= 15 is 0 Å². The highest BCUT2D eigenvalue weighted by Crippen LogP contribution is 2.29. The molecular weight excluding hydrogens is 453 g/mol. The van der Waals surface area contributed by atoms with E-state index in [4.69, 9.17) is 0 Å². The van der Waals surface area contributed by atoms with Crippen molar-refractivity contribution < 1.29 is 17.6 Å². The van der Waals surface area contributed by atoms with Gasteiger partial charge in [-0.3, -0.25) is 4.79 Å². The van der Waals surface area contributed by atoms with Gasteiger partial charge in [-0.2, -0.15) is 0 Å². The van der Waals surface area contributed by atoms with E-state index in [1.807, 2.05) is 0 Å². The number of rotatable bonds is 6. The SMILES string of the molecule is Cc1nc(-c2ccc(F)cc2)sc1C(=O)Nc1ccc(S(=O)(=O)Nc2ncccn2)cc1. The molecule has 2 aromatic heterocycles. The van der Waals surface area contributed by atoms with Crippen molar-refractivity contribution in [3.05, 3.63) is 83.4 Å². The third-order valence-corrected chi connectivity index (χ3v) is 6.86. The fourth-order valence-electron chi connectivity index (χ4n) is 2.76. The smallest absolute Gasteiger partial charge is 0.267 e. The highest BCUT2D eigenvalue weighted by Gasteiger charge is 2.18. The average Bonchev–Trinajstić information content (AvgIpc) is 3.17. The molecule has 0 saturated carbocycles. The summed E-state index contributed by atoms with van der Waals surface area (Å²) in [7, 11) is -3.87. The first-order chi connectivity index (χ1) is 15.3. The van der Waals surface area contributed by atoms with E-state index in [1.165, 1.54) is 60.1 Å². The number of amides is 1. The van der Waals surface area contributed by atoms with E-state index < -0.39 is 10.0 Å². The first-order valence-corrected chi connectivity index (χ1v) is 11.6.